The highest BCUT2D eigenvalue weighted by atomic mass is 19.1. The average Bonchev–Trinajstić information content (AvgIpc) is 2.26. The number of anilines is 1. The molecule has 0 bridgehead atoms. The Kier molecular flexibility index (Phi) is 4.30. The molecule has 1 rings (SSSR count). The van der Waals surface area contributed by atoms with Gasteiger partial charge in [-0.15, -0.1) is 0 Å². The van der Waals surface area contributed by atoms with Crippen molar-refractivity contribution in [3.8, 4) is 0 Å². The maximum atomic E-state index is 13.7. The zero-order valence-electron chi connectivity index (χ0n) is 10.5. The molecule has 0 aliphatic heterocycles. The van der Waals surface area contributed by atoms with E-state index in [1.807, 2.05) is 20.0 Å². The number of benzene rings is 1. The molecular formula is C13H21FN2. The molecule has 1 aromatic carbocycles. The third-order valence-corrected chi connectivity index (χ3v) is 3.12. The minimum Gasteiger partial charge on any atom is -0.372 e. The maximum absolute atomic E-state index is 13.7. The summed E-state index contributed by atoms with van der Waals surface area (Å²) < 4.78 is 13.7. The van der Waals surface area contributed by atoms with Gasteiger partial charge in [-0.1, -0.05) is 13.0 Å². The van der Waals surface area contributed by atoms with Crippen molar-refractivity contribution in [3.05, 3.63) is 29.6 Å². The lowest BCUT2D eigenvalue weighted by Crippen LogP contribution is -2.30. The molecule has 0 heterocycles. The van der Waals surface area contributed by atoms with Crippen LogP contribution in [-0.2, 0) is 0 Å². The highest BCUT2D eigenvalue weighted by Crippen LogP contribution is 2.28. The molecule has 2 atom stereocenters. The fraction of sp³-hybridized carbons (Fsp3) is 0.538. The zero-order valence-corrected chi connectivity index (χ0v) is 10.5. The van der Waals surface area contributed by atoms with Crippen LogP contribution in [0.4, 0.5) is 10.1 Å². The normalized spacial score (nSPS) is 14.6. The Morgan fingerprint density at radius 1 is 1.38 bits per heavy atom. The molecule has 2 N–H and O–H groups in total. The Bertz CT molecular complexity index is 350. The Balaban J connectivity index is 3.17. The Hall–Kier alpha value is -1.09. The van der Waals surface area contributed by atoms with E-state index in [4.69, 9.17) is 5.73 Å². The summed E-state index contributed by atoms with van der Waals surface area (Å²) in [7, 11) is 1.98. The van der Waals surface area contributed by atoms with Gasteiger partial charge < -0.3 is 10.6 Å². The van der Waals surface area contributed by atoms with Crippen LogP contribution < -0.4 is 10.6 Å². The van der Waals surface area contributed by atoms with Crippen LogP contribution in [0, 0.1) is 5.82 Å². The summed E-state index contributed by atoms with van der Waals surface area (Å²) in [5.74, 6) is -0.220. The molecule has 0 aliphatic rings. The minimum absolute atomic E-state index is 0.220. The van der Waals surface area contributed by atoms with Crippen LogP contribution in [0.25, 0.3) is 0 Å². The van der Waals surface area contributed by atoms with Crippen LogP contribution >= 0.6 is 0 Å². The van der Waals surface area contributed by atoms with Crippen LogP contribution in [0.1, 0.15) is 38.8 Å². The summed E-state index contributed by atoms with van der Waals surface area (Å²) >= 11 is 0. The van der Waals surface area contributed by atoms with Crippen molar-refractivity contribution in [3.63, 3.8) is 0 Å². The van der Waals surface area contributed by atoms with Crippen LogP contribution in [0.5, 0.6) is 0 Å². The van der Waals surface area contributed by atoms with Gasteiger partial charge >= 0.3 is 0 Å². The molecule has 0 radical (unpaired) electrons. The first-order valence-corrected chi connectivity index (χ1v) is 5.75. The molecule has 0 saturated heterocycles. The molecule has 0 aromatic heterocycles. The molecule has 0 amide bonds. The third-order valence-electron chi connectivity index (χ3n) is 3.12. The van der Waals surface area contributed by atoms with E-state index in [-0.39, 0.29) is 11.9 Å². The van der Waals surface area contributed by atoms with Gasteiger partial charge in [0.2, 0.25) is 0 Å². The van der Waals surface area contributed by atoms with Gasteiger partial charge in [0.1, 0.15) is 5.82 Å². The first kappa shape index (κ1) is 13.0. The lowest BCUT2D eigenvalue weighted by Gasteiger charge is -2.29. The lowest BCUT2D eigenvalue weighted by molar-refractivity contribution is 0.586. The lowest BCUT2D eigenvalue weighted by atomic mass is 10.0. The number of nitrogens with two attached hydrogens (primary N) is 1. The average molecular weight is 224 g/mol. The topological polar surface area (TPSA) is 29.3 Å². The predicted molar refractivity (Wildman–Crippen MR) is 67.2 cm³/mol. The van der Waals surface area contributed by atoms with Crippen molar-refractivity contribution in [2.45, 2.75) is 39.3 Å². The summed E-state index contributed by atoms with van der Waals surface area (Å²) in [4.78, 5) is 2.09. The van der Waals surface area contributed by atoms with Crippen LogP contribution in [0.3, 0.4) is 0 Å². The van der Waals surface area contributed by atoms with E-state index in [9.17, 15) is 4.39 Å². The van der Waals surface area contributed by atoms with Gasteiger partial charge in [0, 0.05) is 30.4 Å². The largest absolute Gasteiger partial charge is 0.372 e. The summed E-state index contributed by atoms with van der Waals surface area (Å²) in [6, 6.07) is 5.21. The molecule has 2 nitrogen and oxygen atoms in total. The quantitative estimate of drug-likeness (QED) is 0.851. The van der Waals surface area contributed by atoms with Gasteiger partial charge in [0.25, 0.3) is 0 Å². The molecule has 0 fully saturated rings. The molecule has 0 spiro atoms. The summed E-state index contributed by atoms with van der Waals surface area (Å²) in [5, 5.41) is 0. The number of rotatable bonds is 4. The molecule has 2 unspecified atom stereocenters. The Morgan fingerprint density at radius 2 is 2.00 bits per heavy atom. The van der Waals surface area contributed by atoms with Crippen molar-refractivity contribution in [1.82, 2.24) is 0 Å². The monoisotopic (exact) mass is 224 g/mol. The summed E-state index contributed by atoms with van der Waals surface area (Å²) in [6.45, 7) is 6.05. The van der Waals surface area contributed by atoms with Gasteiger partial charge in [-0.3, -0.25) is 0 Å². The van der Waals surface area contributed by atoms with Gasteiger partial charge in [-0.25, -0.2) is 4.39 Å². The molecule has 0 saturated carbocycles. The van der Waals surface area contributed by atoms with Gasteiger partial charge in [-0.2, -0.15) is 0 Å². The fourth-order valence-electron chi connectivity index (χ4n) is 1.80. The molecule has 1 aromatic rings. The highest BCUT2D eigenvalue weighted by molar-refractivity contribution is 5.55. The van der Waals surface area contributed by atoms with Crippen molar-refractivity contribution in [2.24, 2.45) is 5.73 Å². The third kappa shape index (κ3) is 2.53. The number of hydrogen-bond acceptors (Lipinski definition) is 2. The second-order valence-electron chi connectivity index (χ2n) is 4.33. The highest BCUT2D eigenvalue weighted by Gasteiger charge is 2.17. The van der Waals surface area contributed by atoms with E-state index in [1.165, 1.54) is 6.07 Å². The second kappa shape index (κ2) is 5.30. The van der Waals surface area contributed by atoms with Crippen LogP contribution in [0.2, 0.25) is 0 Å². The van der Waals surface area contributed by atoms with Crippen molar-refractivity contribution in [2.75, 3.05) is 11.9 Å². The molecule has 90 valence electrons. The molecule has 3 heteroatoms. The van der Waals surface area contributed by atoms with Crippen LogP contribution in [0.15, 0.2) is 18.2 Å². The number of hydrogen-bond donors (Lipinski definition) is 1. The van der Waals surface area contributed by atoms with E-state index < -0.39 is 0 Å². The van der Waals surface area contributed by atoms with Crippen molar-refractivity contribution in [1.29, 1.82) is 0 Å². The van der Waals surface area contributed by atoms with Crippen molar-refractivity contribution < 1.29 is 4.39 Å². The summed E-state index contributed by atoms with van der Waals surface area (Å²) in [5.41, 5.74) is 7.32. The van der Waals surface area contributed by atoms with E-state index in [0.717, 1.165) is 12.1 Å². The van der Waals surface area contributed by atoms with Gasteiger partial charge in [0.15, 0.2) is 0 Å². The van der Waals surface area contributed by atoms with Crippen molar-refractivity contribution >= 4 is 5.69 Å². The smallest absolute Gasteiger partial charge is 0.130 e. The zero-order chi connectivity index (χ0) is 12.3. The predicted octanol–water partition coefficient (Wildman–Crippen LogP) is 3.08. The van der Waals surface area contributed by atoms with Gasteiger partial charge in [0.05, 0.1) is 0 Å². The number of halogens is 1. The second-order valence-corrected chi connectivity index (χ2v) is 4.33. The molecule has 16 heavy (non-hydrogen) atoms. The molecule has 0 aliphatic carbocycles. The van der Waals surface area contributed by atoms with E-state index >= 15 is 0 Å². The fourth-order valence-corrected chi connectivity index (χ4v) is 1.80. The van der Waals surface area contributed by atoms with Gasteiger partial charge in [-0.05, 0) is 32.4 Å². The Morgan fingerprint density at radius 3 is 2.50 bits per heavy atom. The van der Waals surface area contributed by atoms with E-state index in [2.05, 4.69) is 18.7 Å². The molecular weight excluding hydrogens is 203 g/mol. The maximum Gasteiger partial charge on any atom is 0.130 e. The van der Waals surface area contributed by atoms with E-state index in [0.29, 0.717) is 11.6 Å². The Labute approximate surface area is 97.3 Å². The first-order valence-electron chi connectivity index (χ1n) is 5.75. The van der Waals surface area contributed by atoms with Crippen LogP contribution in [-0.4, -0.2) is 13.1 Å². The standard InChI is InChI=1S/C13H21FN2/c1-5-9(2)16(4)12-8-6-7-11(14)13(12)10(3)15/h6-10H,5,15H2,1-4H3. The first-order chi connectivity index (χ1) is 7.49. The summed E-state index contributed by atoms with van der Waals surface area (Å²) in [6.07, 6.45) is 1.02. The SMILES string of the molecule is CCC(C)N(C)c1cccc(F)c1C(C)N. The minimum atomic E-state index is -0.289. The number of nitrogens with zero attached hydrogens (tertiary/aromatic N) is 1. The van der Waals surface area contributed by atoms with E-state index in [1.54, 1.807) is 6.07 Å².